The van der Waals surface area contributed by atoms with Crippen molar-refractivity contribution >= 4 is 17.8 Å². The number of aliphatic carboxylic acids is 1. The largest absolute Gasteiger partial charge is 0.478 e. The normalized spacial score (nSPS) is 21.1. The summed E-state index contributed by atoms with van der Waals surface area (Å²) >= 11 is 0. The number of nitrogens with one attached hydrogen (secondary N) is 1. The molecule has 0 bridgehead atoms. The number of carbonyl (C=O) groups is 3. The molecule has 7 heteroatoms. The third-order valence-electron chi connectivity index (χ3n) is 6.28. The van der Waals surface area contributed by atoms with E-state index in [1.165, 1.54) is 6.92 Å². The van der Waals surface area contributed by atoms with Crippen molar-refractivity contribution in [3.63, 3.8) is 0 Å². The summed E-state index contributed by atoms with van der Waals surface area (Å²) in [5.74, 6) is -1.34. The van der Waals surface area contributed by atoms with Crippen molar-refractivity contribution in [1.29, 1.82) is 0 Å². The van der Waals surface area contributed by atoms with E-state index in [-0.39, 0.29) is 35.4 Å². The van der Waals surface area contributed by atoms with Crippen LogP contribution in [-0.4, -0.2) is 70.4 Å². The predicted molar refractivity (Wildman–Crippen MR) is 119 cm³/mol. The van der Waals surface area contributed by atoms with E-state index in [0.717, 1.165) is 32.2 Å². The van der Waals surface area contributed by atoms with Gasteiger partial charge in [0, 0.05) is 18.7 Å². The Balaban J connectivity index is 2.99. The van der Waals surface area contributed by atoms with Crippen LogP contribution in [0.15, 0.2) is 11.6 Å². The number of rotatable bonds is 10. The quantitative estimate of drug-likeness (QED) is 0.527. The van der Waals surface area contributed by atoms with Gasteiger partial charge in [-0.2, -0.15) is 0 Å². The number of carbonyl (C=O) groups excluding carboxylic acids is 2. The monoisotopic (exact) mass is 423 g/mol. The summed E-state index contributed by atoms with van der Waals surface area (Å²) in [6, 6.07) is -0.858. The molecule has 0 saturated carbocycles. The number of likely N-dealkylation sites (tertiary alicyclic amines) is 1. The molecule has 1 rings (SSSR count). The Kier molecular flexibility index (Phi) is 10.5. The van der Waals surface area contributed by atoms with E-state index >= 15 is 0 Å². The zero-order valence-electron chi connectivity index (χ0n) is 19.8. The van der Waals surface area contributed by atoms with Crippen LogP contribution in [0.5, 0.6) is 0 Å². The number of amides is 2. The van der Waals surface area contributed by atoms with Gasteiger partial charge >= 0.3 is 5.97 Å². The van der Waals surface area contributed by atoms with Crippen LogP contribution in [0.2, 0.25) is 0 Å². The minimum atomic E-state index is -0.995. The standard InChI is InChI=1S/C23H41N3O4/c1-8-17(6)26-13-11-10-12-19(26)21(27)24-20(15(3)4)22(28)25(7)18(9-2)14-16(5)23(29)30/h14-15,17-20H,8-13H2,1-7H3,(H,24,27)(H,29,30)/b16-14+/t17?,18-,19?,20?/m0/s1. The van der Waals surface area contributed by atoms with Crippen molar-refractivity contribution in [2.75, 3.05) is 13.6 Å². The van der Waals surface area contributed by atoms with Crippen LogP contribution < -0.4 is 5.32 Å². The third kappa shape index (κ3) is 6.83. The molecule has 1 fully saturated rings. The second-order valence-electron chi connectivity index (χ2n) is 8.82. The van der Waals surface area contributed by atoms with E-state index in [1.54, 1.807) is 18.0 Å². The minimum Gasteiger partial charge on any atom is -0.478 e. The molecule has 1 aliphatic rings. The van der Waals surface area contributed by atoms with Crippen molar-refractivity contribution in [2.24, 2.45) is 5.92 Å². The van der Waals surface area contributed by atoms with Gasteiger partial charge in [0.05, 0.1) is 12.1 Å². The Morgan fingerprint density at radius 1 is 1.17 bits per heavy atom. The average Bonchev–Trinajstić information content (AvgIpc) is 2.73. The van der Waals surface area contributed by atoms with E-state index in [9.17, 15) is 14.4 Å². The fourth-order valence-corrected chi connectivity index (χ4v) is 4.01. The summed E-state index contributed by atoms with van der Waals surface area (Å²) in [5.41, 5.74) is 0.207. The lowest BCUT2D eigenvalue weighted by molar-refractivity contribution is -0.140. The second kappa shape index (κ2) is 12.1. The summed E-state index contributed by atoms with van der Waals surface area (Å²) in [7, 11) is 1.68. The maximum absolute atomic E-state index is 13.2. The molecule has 7 nitrogen and oxygen atoms in total. The Morgan fingerprint density at radius 2 is 1.80 bits per heavy atom. The Bertz CT molecular complexity index is 632. The number of carboxylic acids is 1. The topological polar surface area (TPSA) is 90.0 Å². The van der Waals surface area contributed by atoms with E-state index in [0.29, 0.717) is 12.5 Å². The molecule has 0 aromatic carbocycles. The molecule has 1 saturated heterocycles. The zero-order chi connectivity index (χ0) is 23.0. The first-order valence-electron chi connectivity index (χ1n) is 11.3. The van der Waals surface area contributed by atoms with Crippen LogP contribution in [-0.2, 0) is 14.4 Å². The van der Waals surface area contributed by atoms with Gasteiger partial charge in [0.15, 0.2) is 0 Å². The van der Waals surface area contributed by atoms with E-state index < -0.39 is 12.0 Å². The van der Waals surface area contributed by atoms with Gasteiger partial charge in [-0.25, -0.2) is 4.79 Å². The average molecular weight is 424 g/mol. The Labute approximate surface area is 181 Å². The van der Waals surface area contributed by atoms with E-state index in [1.807, 2.05) is 20.8 Å². The van der Waals surface area contributed by atoms with Gasteiger partial charge in [0.2, 0.25) is 11.8 Å². The number of likely N-dealkylation sites (N-methyl/N-ethyl adjacent to an activating group) is 1. The lowest BCUT2D eigenvalue weighted by atomic mass is 9.96. The van der Waals surface area contributed by atoms with Crippen molar-refractivity contribution in [3.8, 4) is 0 Å². The summed E-state index contributed by atoms with van der Waals surface area (Å²) < 4.78 is 0. The predicted octanol–water partition coefficient (Wildman–Crippen LogP) is 3.05. The fraction of sp³-hybridized carbons (Fsp3) is 0.783. The molecule has 1 heterocycles. The number of hydrogen-bond donors (Lipinski definition) is 2. The molecule has 0 radical (unpaired) electrons. The highest BCUT2D eigenvalue weighted by Gasteiger charge is 2.35. The number of hydrogen-bond acceptors (Lipinski definition) is 4. The maximum Gasteiger partial charge on any atom is 0.331 e. The van der Waals surface area contributed by atoms with Crippen LogP contribution in [0.25, 0.3) is 0 Å². The van der Waals surface area contributed by atoms with E-state index in [4.69, 9.17) is 5.11 Å². The van der Waals surface area contributed by atoms with Gasteiger partial charge in [0.1, 0.15) is 6.04 Å². The van der Waals surface area contributed by atoms with Gasteiger partial charge in [-0.3, -0.25) is 14.5 Å². The number of nitrogens with zero attached hydrogens (tertiary/aromatic N) is 2. The molecule has 0 aromatic heterocycles. The minimum absolute atomic E-state index is 0.0772. The fourth-order valence-electron chi connectivity index (χ4n) is 4.01. The highest BCUT2D eigenvalue weighted by molar-refractivity contribution is 5.90. The summed E-state index contributed by atoms with van der Waals surface area (Å²) in [5, 5.41) is 12.2. The van der Waals surface area contributed by atoms with E-state index in [2.05, 4.69) is 24.1 Å². The molecule has 3 unspecified atom stereocenters. The molecule has 2 amide bonds. The Morgan fingerprint density at radius 3 is 2.30 bits per heavy atom. The van der Waals surface area contributed by atoms with Crippen LogP contribution in [0.1, 0.15) is 73.6 Å². The lowest BCUT2D eigenvalue weighted by Gasteiger charge is -2.40. The summed E-state index contributed by atoms with van der Waals surface area (Å²) in [6.45, 7) is 12.5. The molecule has 0 aromatic rings. The van der Waals surface area contributed by atoms with Crippen molar-refractivity contribution in [2.45, 2.75) is 97.8 Å². The number of carboxylic acid groups (broad SMARTS) is 1. The van der Waals surface area contributed by atoms with Gasteiger partial charge in [-0.05, 0) is 52.0 Å². The van der Waals surface area contributed by atoms with Crippen molar-refractivity contribution in [1.82, 2.24) is 15.1 Å². The smallest absolute Gasteiger partial charge is 0.331 e. The first-order valence-corrected chi connectivity index (χ1v) is 11.3. The van der Waals surface area contributed by atoms with Gasteiger partial charge in [0.25, 0.3) is 0 Å². The molecule has 2 N–H and O–H groups in total. The SMILES string of the molecule is CCC(C)N1CCCCC1C(=O)NC(C(=O)N(C)[C@H](/C=C(\C)C(=O)O)CC)C(C)C. The molecule has 0 spiro atoms. The third-order valence-corrected chi connectivity index (χ3v) is 6.28. The van der Waals surface area contributed by atoms with Crippen molar-refractivity contribution < 1.29 is 19.5 Å². The molecule has 1 aliphatic heterocycles. The van der Waals surface area contributed by atoms with Crippen molar-refractivity contribution in [3.05, 3.63) is 11.6 Å². The van der Waals surface area contributed by atoms with Crippen LogP contribution in [0.3, 0.4) is 0 Å². The van der Waals surface area contributed by atoms with Gasteiger partial charge in [-0.15, -0.1) is 0 Å². The molecule has 30 heavy (non-hydrogen) atoms. The molecule has 172 valence electrons. The van der Waals surface area contributed by atoms with Gasteiger partial charge < -0.3 is 15.3 Å². The van der Waals surface area contributed by atoms with Gasteiger partial charge in [-0.1, -0.05) is 40.2 Å². The highest BCUT2D eigenvalue weighted by atomic mass is 16.4. The second-order valence-corrected chi connectivity index (χ2v) is 8.82. The van der Waals surface area contributed by atoms with Crippen LogP contribution in [0.4, 0.5) is 0 Å². The molecule has 0 aliphatic carbocycles. The first-order chi connectivity index (χ1) is 14.0. The highest BCUT2D eigenvalue weighted by Crippen LogP contribution is 2.22. The first kappa shape index (κ1) is 26.1. The van der Waals surface area contributed by atoms with Crippen LogP contribution >= 0.6 is 0 Å². The summed E-state index contributed by atoms with van der Waals surface area (Å²) in [4.78, 5) is 41.4. The lowest BCUT2D eigenvalue weighted by Crippen LogP contribution is -2.58. The van der Waals surface area contributed by atoms with Crippen LogP contribution in [0, 0.1) is 5.92 Å². The number of piperidine rings is 1. The zero-order valence-corrected chi connectivity index (χ0v) is 19.8. The molecule has 4 atom stereocenters. The maximum atomic E-state index is 13.2. The molecular formula is C23H41N3O4. The Hall–Kier alpha value is -1.89. The summed E-state index contributed by atoms with van der Waals surface area (Å²) in [6.07, 6.45) is 6.09. The molecular weight excluding hydrogens is 382 g/mol.